The number of hydrogen-bond acceptors (Lipinski definition) is 5. The van der Waals surface area contributed by atoms with Gasteiger partial charge in [0.2, 0.25) is 11.1 Å². The fraction of sp³-hybridized carbons (Fsp3) is 0.471. The van der Waals surface area contributed by atoms with Crippen LogP contribution in [0.3, 0.4) is 0 Å². The minimum atomic E-state index is 0.101. The predicted molar refractivity (Wildman–Crippen MR) is 106 cm³/mol. The van der Waals surface area contributed by atoms with Crippen molar-refractivity contribution < 1.29 is 4.79 Å². The van der Waals surface area contributed by atoms with Gasteiger partial charge in [0.1, 0.15) is 0 Å². The molecule has 0 unspecified atom stereocenters. The van der Waals surface area contributed by atoms with Crippen molar-refractivity contribution in [2.45, 2.75) is 50.4 Å². The number of carbonyl (C=O) groups is 1. The molecule has 3 rings (SSSR count). The second kappa shape index (κ2) is 8.06. The number of nitrogens with two attached hydrogens (primary N) is 1. The van der Waals surface area contributed by atoms with Gasteiger partial charge in [0, 0.05) is 22.7 Å². The number of rotatable bonds is 4. The summed E-state index contributed by atoms with van der Waals surface area (Å²) in [5.41, 5.74) is 0.641. The van der Waals surface area contributed by atoms with Crippen LogP contribution in [-0.4, -0.2) is 43.5 Å². The zero-order valence-corrected chi connectivity index (χ0v) is 17.0. The molecule has 6 nitrogen and oxygen atoms in total. The minimum absolute atomic E-state index is 0.101. The molecular weight excluding hydrogens is 393 g/mol. The third kappa shape index (κ3) is 3.94. The normalized spacial score (nSPS) is 20.4. The average molecular weight is 414 g/mol. The lowest BCUT2D eigenvalue weighted by atomic mass is 9.98. The highest BCUT2D eigenvalue weighted by molar-refractivity contribution is 7.99. The summed E-state index contributed by atoms with van der Waals surface area (Å²) in [6.07, 6.45) is 3.27. The highest BCUT2D eigenvalue weighted by Crippen LogP contribution is 2.30. The van der Waals surface area contributed by atoms with Crippen molar-refractivity contribution in [3.8, 4) is 11.4 Å². The van der Waals surface area contributed by atoms with Gasteiger partial charge in [-0.1, -0.05) is 35.0 Å². The summed E-state index contributed by atoms with van der Waals surface area (Å²) in [5.74, 6) is 6.92. The molecule has 9 heteroatoms. The second-order valence-electron chi connectivity index (χ2n) is 6.52. The number of hydrogen-bond donors (Lipinski definition) is 1. The Morgan fingerprint density at radius 2 is 1.96 bits per heavy atom. The van der Waals surface area contributed by atoms with Crippen LogP contribution in [0.1, 0.15) is 33.1 Å². The summed E-state index contributed by atoms with van der Waals surface area (Å²) in [4.78, 5) is 14.6. The van der Waals surface area contributed by atoms with E-state index in [0.29, 0.717) is 26.6 Å². The van der Waals surface area contributed by atoms with E-state index >= 15 is 0 Å². The molecule has 1 aromatic carbocycles. The molecule has 1 aliphatic rings. The number of halogens is 2. The van der Waals surface area contributed by atoms with Gasteiger partial charge < -0.3 is 10.7 Å². The van der Waals surface area contributed by atoms with Crippen LogP contribution in [0.5, 0.6) is 0 Å². The number of likely N-dealkylation sites (tertiary alicyclic amines) is 1. The number of aromatic nitrogens is 3. The fourth-order valence-corrected chi connectivity index (χ4v) is 4.56. The SMILES string of the molecule is C[C@H]1CCC[C@H](C)N1C(=O)CSc1nnc(-c2ccc(Cl)cc2Cl)n1N. The number of amides is 1. The first-order valence-corrected chi connectivity index (χ1v) is 10.2. The molecule has 1 aliphatic heterocycles. The van der Waals surface area contributed by atoms with Gasteiger partial charge in [0.15, 0.2) is 5.82 Å². The van der Waals surface area contributed by atoms with E-state index in [1.165, 1.54) is 22.9 Å². The molecule has 0 bridgehead atoms. The number of thioether (sulfide) groups is 1. The van der Waals surface area contributed by atoms with Crippen molar-refractivity contribution in [2.75, 3.05) is 11.6 Å². The van der Waals surface area contributed by atoms with Gasteiger partial charge in [0.25, 0.3) is 0 Å². The Bertz CT molecular complexity index is 802. The first-order valence-electron chi connectivity index (χ1n) is 8.48. The summed E-state index contributed by atoms with van der Waals surface area (Å²) < 4.78 is 1.36. The third-order valence-electron chi connectivity index (χ3n) is 4.64. The standard InChI is InChI=1S/C17H21Cl2N5OS/c1-10-4-3-5-11(2)23(10)15(25)9-26-17-22-21-16(24(17)20)13-7-6-12(18)8-14(13)19/h6-8,10-11H,3-5,9,20H2,1-2H3/t10-,11-/m0/s1. The first-order chi connectivity index (χ1) is 12.4. The third-order valence-corrected chi connectivity index (χ3v) is 6.12. The Balaban J connectivity index is 1.71. The van der Waals surface area contributed by atoms with Gasteiger partial charge in [-0.05, 0) is 51.3 Å². The molecule has 1 fully saturated rings. The highest BCUT2D eigenvalue weighted by Gasteiger charge is 2.29. The predicted octanol–water partition coefficient (Wildman–Crippen LogP) is 3.85. The van der Waals surface area contributed by atoms with E-state index in [0.717, 1.165) is 12.8 Å². The Kier molecular flexibility index (Phi) is 5.99. The van der Waals surface area contributed by atoms with Gasteiger partial charge in [-0.3, -0.25) is 4.79 Å². The van der Waals surface area contributed by atoms with Crippen molar-refractivity contribution in [3.63, 3.8) is 0 Å². The molecule has 0 aliphatic carbocycles. The molecule has 0 radical (unpaired) electrons. The molecule has 2 heterocycles. The van der Waals surface area contributed by atoms with Gasteiger partial charge >= 0.3 is 0 Å². The molecule has 1 amide bonds. The van der Waals surface area contributed by atoms with Crippen LogP contribution < -0.4 is 5.84 Å². The maximum atomic E-state index is 12.6. The second-order valence-corrected chi connectivity index (χ2v) is 8.31. The van der Waals surface area contributed by atoms with Gasteiger partial charge in [-0.15, -0.1) is 10.2 Å². The minimum Gasteiger partial charge on any atom is -0.337 e. The van der Waals surface area contributed by atoms with Crippen LogP contribution in [0, 0.1) is 0 Å². The van der Waals surface area contributed by atoms with Crippen molar-refractivity contribution >= 4 is 40.9 Å². The van der Waals surface area contributed by atoms with Crippen LogP contribution in [0.2, 0.25) is 10.0 Å². The van der Waals surface area contributed by atoms with E-state index < -0.39 is 0 Å². The monoisotopic (exact) mass is 413 g/mol. The Labute approximate surface area is 167 Å². The zero-order valence-electron chi connectivity index (χ0n) is 14.7. The lowest BCUT2D eigenvalue weighted by Crippen LogP contribution is -2.48. The number of carbonyl (C=O) groups excluding carboxylic acids is 1. The lowest BCUT2D eigenvalue weighted by molar-refractivity contribution is -0.134. The highest BCUT2D eigenvalue weighted by atomic mass is 35.5. The van der Waals surface area contributed by atoms with Gasteiger partial charge in [-0.2, -0.15) is 0 Å². The molecule has 2 aromatic rings. The largest absolute Gasteiger partial charge is 0.337 e. The fourth-order valence-electron chi connectivity index (χ4n) is 3.34. The molecule has 2 N–H and O–H groups in total. The number of benzene rings is 1. The zero-order chi connectivity index (χ0) is 18.8. The molecule has 140 valence electrons. The van der Waals surface area contributed by atoms with Crippen molar-refractivity contribution in [1.29, 1.82) is 0 Å². The molecule has 26 heavy (non-hydrogen) atoms. The Morgan fingerprint density at radius 1 is 1.27 bits per heavy atom. The molecular formula is C17H21Cl2N5OS. The molecule has 2 atom stereocenters. The number of nitrogen functional groups attached to an aromatic ring is 1. The Hall–Kier alpha value is -1.44. The van der Waals surface area contributed by atoms with Crippen LogP contribution >= 0.6 is 35.0 Å². The van der Waals surface area contributed by atoms with Crippen molar-refractivity contribution in [3.05, 3.63) is 28.2 Å². The summed E-state index contributed by atoms with van der Waals surface area (Å²) in [6.45, 7) is 4.20. The average Bonchev–Trinajstić information content (AvgIpc) is 2.93. The van der Waals surface area contributed by atoms with E-state index in [9.17, 15) is 4.79 Å². The number of piperidine rings is 1. The summed E-state index contributed by atoms with van der Waals surface area (Å²) in [7, 11) is 0. The maximum Gasteiger partial charge on any atom is 0.233 e. The molecule has 1 saturated heterocycles. The summed E-state index contributed by atoms with van der Waals surface area (Å²) >= 11 is 13.4. The van der Waals surface area contributed by atoms with Crippen LogP contribution in [0.15, 0.2) is 23.4 Å². The van der Waals surface area contributed by atoms with Gasteiger partial charge in [-0.25, -0.2) is 4.68 Å². The van der Waals surface area contributed by atoms with Crippen molar-refractivity contribution in [1.82, 2.24) is 19.8 Å². The summed E-state index contributed by atoms with van der Waals surface area (Å²) in [6, 6.07) is 5.63. The smallest absolute Gasteiger partial charge is 0.233 e. The quantitative estimate of drug-likeness (QED) is 0.608. The van der Waals surface area contributed by atoms with Crippen LogP contribution in [0.4, 0.5) is 0 Å². The molecule has 0 spiro atoms. The van der Waals surface area contributed by atoms with E-state index in [1.807, 2.05) is 4.90 Å². The van der Waals surface area contributed by atoms with Crippen molar-refractivity contribution in [2.24, 2.45) is 0 Å². The van der Waals surface area contributed by atoms with E-state index in [1.54, 1.807) is 18.2 Å². The Morgan fingerprint density at radius 3 is 2.62 bits per heavy atom. The van der Waals surface area contributed by atoms with Crippen LogP contribution in [-0.2, 0) is 4.79 Å². The maximum absolute atomic E-state index is 12.6. The molecule has 1 aromatic heterocycles. The summed E-state index contributed by atoms with van der Waals surface area (Å²) in [5, 5.41) is 9.66. The lowest BCUT2D eigenvalue weighted by Gasteiger charge is -2.39. The van der Waals surface area contributed by atoms with Gasteiger partial charge in [0.05, 0.1) is 10.8 Å². The van der Waals surface area contributed by atoms with Crippen LogP contribution in [0.25, 0.3) is 11.4 Å². The van der Waals surface area contributed by atoms with E-state index in [-0.39, 0.29) is 23.7 Å². The first kappa shape index (κ1) is 19.3. The van der Waals surface area contributed by atoms with E-state index in [4.69, 9.17) is 29.0 Å². The van der Waals surface area contributed by atoms with E-state index in [2.05, 4.69) is 24.0 Å². The molecule has 0 saturated carbocycles. The topological polar surface area (TPSA) is 77.0 Å². The number of nitrogens with zero attached hydrogens (tertiary/aromatic N) is 4.